The lowest BCUT2D eigenvalue weighted by Gasteiger charge is -2.37. The fraction of sp³-hybridized carbons (Fsp3) is 0.316. The molecule has 0 aliphatic carbocycles. The first-order valence-corrected chi connectivity index (χ1v) is 10.1. The molecule has 2 aromatic rings. The lowest BCUT2D eigenvalue weighted by Crippen LogP contribution is -2.53. The maximum absolute atomic E-state index is 12.8. The monoisotopic (exact) mass is 464 g/mol. The topological polar surface area (TPSA) is 66.0 Å². The standard InChI is InChI=1S/C19H18BrClN4O3/c20-13-4-5-14-15(10-13)28-12-19(27)25(14)11-18(26)24-8-6-23(7-9-24)17-3-1-2-16(21)22-17/h1-5,10H,6-9,11-12H2. The first-order chi connectivity index (χ1) is 13.5. The van der Waals surface area contributed by atoms with E-state index in [9.17, 15) is 9.59 Å². The van der Waals surface area contributed by atoms with Crippen LogP contribution in [0.5, 0.6) is 5.75 Å². The Balaban J connectivity index is 1.41. The number of rotatable bonds is 3. The molecule has 28 heavy (non-hydrogen) atoms. The molecule has 0 N–H and O–H groups in total. The molecular weight excluding hydrogens is 448 g/mol. The summed E-state index contributed by atoms with van der Waals surface area (Å²) >= 11 is 9.35. The number of fused-ring (bicyclic) bond motifs is 1. The predicted octanol–water partition coefficient (Wildman–Crippen LogP) is 2.57. The maximum atomic E-state index is 12.8. The number of carbonyl (C=O) groups excluding carboxylic acids is 2. The van der Waals surface area contributed by atoms with Crippen molar-refractivity contribution in [1.29, 1.82) is 0 Å². The average molecular weight is 466 g/mol. The van der Waals surface area contributed by atoms with E-state index in [2.05, 4.69) is 25.8 Å². The molecule has 7 nitrogen and oxygen atoms in total. The van der Waals surface area contributed by atoms with Crippen LogP contribution in [0.3, 0.4) is 0 Å². The SMILES string of the molecule is O=C(CN1C(=O)COc2cc(Br)ccc21)N1CCN(c2cccc(Cl)n2)CC1. The minimum Gasteiger partial charge on any atom is -0.482 e. The quantitative estimate of drug-likeness (QED) is 0.652. The molecule has 9 heteroatoms. The van der Waals surface area contributed by atoms with Gasteiger partial charge in [0.25, 0.3) is 5.91 Å². The molecule has 1 saturated heterocycles. The fourth-order valence-electron chi connectivity index (χ4n) is 3.35. The molecule has 0 atom stereocenters. The molecule has 2 aliphatic rings. The third-order valence-electron chi connectivity index (χ3n) is 4.82. The molecule has 0 bridgehead atoms. The van der Waals surface area contributed by atoms with Crippen LogP contribution >= 0.6 is 27.5 Å². The van der Waals surface area contributed by atoms with Crippen molar-refractivity contribution in [3.8, 4) is 5.75 Å². The average Bonchev–Trinajstić information content (AvgIpc) is 2.70. The van der Waals surface area contributed by atoms with Crippen LogP contribution in [0.25, 0.3) is 0 Å². The van der Waals surface area contributed by atoms with Crippen LogP contribution in [0.4, 0.5) is 11.5 Å². The van der Waals surface area contributed by atoms with Crippen molar-refractivity contribution in [2.75, 3.05) is 49.1 Å². The molecule has 4 rings (SSSR count). The molecule has 1 aromatic carbocycles. The highest BCUT2D eigenvalue weighted by molar-refractivity contribution is 9.10. The Morgan fingerprint density at radius 2 is 1.96 bits per heavy atom. The van der Waals surface area contributed by atoms with Crippen molar-refractivity contribution in [2.24, 2.45) is 0 Å². The lowest BCUT2D eigenvalue weighted by molar-refractivity contribution is -0.132. The number of nitrogens with zero attached hydrogens (tertiary/aromatic N) is 4. The van der Waals surface area contributed by atoms with Gasteiger partial charge in [-0.05, 0) is 30.3 Å². The summed E-state index contributed by atoms with van der Waals surface area (Å²) in [4.78, 5) is 34.8. The third-order valence-corrected chi connectivity index (χ3v) is 5.52. The van der Waals surface area contributed by atoms with Crippen LogP contribution < -0.4 is 14.5 Å². The van der Waals surface area contributed by atoms with Crippen molar-refractivity contribution in [1.82, 2.24) is 9.88 Å². The van der Waals surface area contributed by atoms with Gasteiger partial charge in [-0.25, -0.2) is 4.98 Å². The molecule has 2 amide bonds. The maximum Gasteiger partial charge on any atom is 0.265 e. The van der Waals surface area contributed by atoms with Gasteiger partial charge in [-0.3, -0.25) is 14.5 Å². The number of anilines is 2. The Morgan fingerprint density at radius 1 is 1.18 bits per heavy atom. The first-order valence-electron chi connectivity index (χ1n) is 8.89. The largest absolute Gasteiger partial charge is 0.482 e. The van der Waals surface area contributed by atoms with E-state index in [1.54, 1.807) is 23.1 Å². The van der Waals surface area contributed by atoms with Crippen molar-refractivity contribution >= 4 is 50.9 Å². The summed E-state index contributed by atoms with van der Waals surface area (Å²) in [5, 5.41) is 0.451. The zero-order chi connectivity index (χ0) is 19.7. The van der Waals surface area contributed by atoms with Crippen molar-refractivity contribution in [2.45, 2.75) is 0 Å². The summed E-state index contributed by atoms with van der Waals surface area (Å²) in [6.45, 7) is 2.41. The van der Waals surface area contributed by atoms with Crippen LogP contribution in [0.2, 0.25) is 5.15 Å². The van der Waals surface area contributed by atoms with Gasteiger partial charge in [0, 0.05) is 30.7 Å². The van der Waals surface area contributed by atoms with Gasteiger partial charge < -0.3 is 14.5 Å². The number of ether oxygens (including phenoxy) is 1. The number of amides is 2. The number of benzene rings is 1. The molecule has 1 fully saturated rings. The highest BCUT2D eigenvalue weighted by atomic mass is 79.9. The molecule has 0 radical (unpaired) electrons. The summed E-state index contributed by atoms with van der Waals surface area (Å²) in [6, 6.07) is 10.9. The van der Waals surface area contributed by atoms with E-state index in [4.69, 9.17) is 16.3 Å². The Bertz CT molecular complexity index is 918. The second kappa shape index (κ2) is 7.97. The van der Waals surface area contributed by atoms with Gasteiger partial charge >= 0.3 is 0 Å². The number of piperazine rings is 1. The zero-order valence-corrected chi connectivity index (χ0v) is 17.3. The second-order valence-corrected chi connectivity index (χ2v) is 7.87. The van der Waals surface area contributed by atoms with Crippen LogP contribution in [-0.4, -0.2) is 61.0 Å². The summed E-state index contributed by atoms with van der Waals surface area (Å²) in [5.74, 6) is 1.11. The summed E-state index contributed by atoms with van der Waals surface area (Å²) in [7, 11) is 0. The van der Waals surface area contributed by atoms with Gasteiger partial charge in [0.15, 0.2) is 6.61 Å². The van der Waals surface area contributed by atoms with Gasteiger partial charge in [0.1, 0.15) is 23.3 Å². The van der Waals surface area contributed by atoms with Crippen molar-refractivity contribution in [3.05, 3.63) is 46.0 Å². The van der Waals surface area contributed by atoms with E-state index in [0.29, 0.717) is 42.8 Å². The van der Waals surface area contributed by atoms with E-state index in [-0.39, 0.29) is 25.0 Å². The first kappa shape index (κ1) is 19.0. The smallest absolute Gasteiger partial charge is 0.265 e. The van der Waals surface area contributed by atoms with Crippen LogP contribution in [-0.2, 0) is 9.59 Å². The Hall–Kier alpha value is -2.32. The second-order valence-electron chi connectivity index (χ2n) is 6.57. The number of carbonyl (C=O) groups is 2. The molecule has 2 aliphatic heterocycles. The van der Waals surface area contributed by atoms with E-state index in [1.165, 1.54) is 4.90 Å². The number of hydrogen-bond donors (Lipinski definition) is 0. The summed E-state index contributed by atoms with van der Waals surface area (Å²) in [6.07, 6.45) is 0. The molecule has 146 valence electrons. The highest BCUT2D eigenvalue weighted by Gasteiger charge is 2.30. The van der Waals surface area contributed by atoms with Crippen LogP contribution in [0.15, 0.2) is 40.9 Å². The number of halogens is 2. The number of aromatic nitrogens is 1. The van der Waals surface area contributed by atoms with Gasteiger partial charge in [-0.1, -0.05) is 33.6 Å². The van der Waals surface area contributed by atoms with E-state index in [0.717, 1.165) is 10.3 Å². The summed E-state index contributed by atoms with van der Waals surface area (Å²) in [5.41, 5.74) is 0.620. The van der Waals surface area contributed by atoms with Gasteiger partial charge in [0.2, 0.25) is 5.91 Å². The van der Waals surface area contributed by atoms with E-state index >= 15 is 0 Å². The van der Waals surface area contributed by atoms with E-state index in [1.807, 2.05) is 18.2 Å². The van der Waals surface area contributed by atoms with Gasteiger partial charge in [-0.15, -0.1) is 0 Å². The Kier molecular flexibility index (Phi) is 5.41. The molecule has 0 saturated carbocycles. The molecule has 1 aromatic heterocycles. The number of pyridine rings is 1. The van der Waals surface area contributed by atoms with Crippen molar-refractivity contribution < 1.29 is 14.3 Å². The van der Waals surface area contributed by atoms with Gasteiger partial charge in [0.05, 0.1) is 5.69 Å². The third kappa shape index (κ3) is 3.93. The molecular formula is C19H18BrClN4O3. The van der Waals surface area contributed by atoms with Crippen molar-refractivity contribution in [3.63, 3.8) is 0 Å². The lowest BCUT2D eigenvalue weighted by atomic mass is 10.2. The number of hydrogen-bond acceptors (Lipinski definition) is 5. The van der Waals surface area contributed by atoms with Crippen LogP contribution in [0.1, 0.15) is 0 Å². The minimum atomic E-state index is -0.218. The minimum absolute atomic E-state index is 0.00619. The normalized spacial score (nSPS) is 16.6. The van der Waals surface area contributed by atoms with Crippen LogP contribution in [0, 0.1) is 0 Å². The van der Waals surface area contributed by atoms with Gasteiger partial charge in [-0.2, -0.15) is 0 Å². The highest BCUT2D eigenvalue weighted by Crippen LogP contribution is 2.34. The summed E-state index contributed by atoms with van der Waals surface area (Å²) < 4.78 is 6.33. The Labute approximate surface area is 176 Å². The van der Waals surface area contributed by atoms with E-state index < -0.39 is 0 Å². The predicted molar refractivity (Wildman–Crippen MR) is 110 cm³/mol. The zero-order valence-electron chi connectivity index (χ0n) is 15.0. The fourth-order valence-corrected chi connectivity index (χ4v) is 3.84. The molecule has 0 unspecified atom stereocenters. The Morgan fingerprint density at radius 3 is 2.71 bits per heavy atom. The molecule has 0 spiro atoms. The molecule has 3 heterocycles.